The first-order valence-corrected chi connectivity index (χ1v) is 17.5. The second-order valence-electron chi connectivity index (χ2n) is 16.3. The van der Waals surface area contributed by atoms with Crippen molar-refractivity contribution in [1.82, 2.24) is 29.6 Å². The molecule has 6 rings (SSSR count). The van der Waals surface area contributed by atoms with Crippen LogP contribution in [0, 0.1) is 23.2 Å². The predicted molar refractivity (Wildman–Crippen MR) is 185 cm³/mol. The van der Waals surface area contributed by atoms with Gasteiger partial charge >= 0.3 is 23.9 Å². The highest BCUT2D eigenvalue weighted by atomic mass is 16.6. The summed E-state index contributed by atoms with van der Waals surface area (Å²) in [4.78, 5) is 60.6. The SMILES string of the molecule is CC(C)(C)OC(=O)NCC1C2CN(CCc3ccc(-n4ccc(NC(=O)N5CCC6(CCN(C(=O)OC(C)(C)C)C6)C5)nc4=O)cc3)CC12. The molecule has 266 valence electrons. The normalized spacial score (nSPS) is 25.0. The molecule has 3 aliphatic heterocycles. The van der Waals surface area contributed by atoms with Gasteiger partial charge in [-0.25, -0.2) is 19.2 Å². The number of rotatable bonds is 7. The summed E-state index contributed by atoms with van der Waals surface area (Å²) in [6.45, 7) is 17.2. The average Bonchev–Trinajstić information content (AvgIpc) is 3.42. The summed E-state index contributed by atoms with van der Waals surface area (Å²) < 4.78 is 12.3. The van der Waals surface area contributed by atoms with Gasteiger partial charge in [0.1, 0.15) is 17.0 Å². The Hall–Kier alpha value is -4.13. The highest BCUT2D eigenvalue weighted by Crippen LogP contribution is 2.51. The number of hydrogen-bond acceptors (Lipinski definition) is 8. The van der Waals surface area contributed by atoms with Gasteiger partial charge in [-0.2, -0.15) is 4.98 Å². The second-order valence-corrected chi connectivity index (χ2v) is 16.3. The van der Waals surface area contributed by atoms with Crippen LogP contribution in [0.15, 0.2) is 41.3 Å². The molecule has 1 aliphatic carbocycles. The van der Waals surface area contributed by atoms with Crippen molar-refractivity contribution >= 4 is 24.0 Å². The molecule has 0 radical (unpaired) electrons. The quantitative estimate of drug-likeness (QED) is 0.442. The lowest BCUT2D eigenvalue weighted by atomic mass is 9.86. The number of nitrogens with one attached hydrogen (secondary N) is 2. The highest BCUT2D eigenvalue weighted by Gasteiger charge is 2.55. The molecule has 0 bridgehead atoms. The van der Waals surface area contributed by atoms with Crippen LogP contribution in [0.2, 0.25) is 0 Å². The van der Waals surface area contributed by atoms with E-state index in [1.165, 1.54) is 10.1 Å². The molecule has 2 N–H and O–H groups in total. The number of hydrogen-bond donors (Lipinski definition) is 2. The molecule has 1 aromatic heterocycles. The predicted octanol–water partition coefficient (Wildman–Crippen LogP) is 4.34. The highest BCUT2D eigenvalue weighted by molar-refractivity contribution is 5.88. The zero-order valence-electron chi connectivity index (χ0n) is 29.7. The maximum absolute atomic E-state index is 13.1. The minimum Gasteiger partial charge on any atom is -0.444 e. The number of aromatic nitrogens is 2. The van der Waals surface area contributed by atoms with Crippen LogP contribution in [0.5, 0.6) is 0 Å². The number of fused-ring (bicyclic) bond motifs is 1. The molecular formula is C36H51N7O6. The van der Waals surface area contributed by atoms with Crippen LogP contribution in [-0.2, 0) is 15.9 Å². The Balaban J connectivity index is 0.934. The molecule has 3 unspecified atom stereocenters. The number of urea groups is 1. The number of nitrogens with zero attached hydrogens (tertiary/aromatic N) is 5. The lowest BCUT2D eigenvalue weighted by Crippen LogP contribution is -2.39. The number of carbonyl (C=O) groups excluding carboxylic acids is 3. The third-order valence-electron chi connectivity index (χ3n) is 10.1. The van der Waals surface area contributed by atoms with Gasteiger partial charge in [0.25, 0.3) is 0 Å². The van der Waals surface area contributed by atoms with Gasteiger partial charge in [-0.1, -0.05) is 12.1 Å². The first-order chi connectivity index (χ1) is 23.1. The van der Waals surface area contributed by atoms with Crippen molar-refractivity contribution in [3.8, 4) is 5.69 Å². The fourth-order valence-electron chi connectivity index (χ4n) is 7.56. The van der Waals surface area contributed by atoms with Crippen LogP contribution in [0.25, 0.3) is 5.69 Å². The largest absolute Gasteiger partial charge is 0.444 e. The van der Waals surface area contributed by atoms with E-state index in [2.05, 4.69) is 20.5 Å². The van der Waals surface area contributed by atoms with Gasteiger partial charge in [-0.3, -0.25) is 9.88 Å². The van der Waals surface area contributed by atoms with Crippen LogP contribution < -0.4 is 16.3 Å². The molecule has 4 aliphatic rings. The number of carbonyl (C=O) groups is 3. The number of benzene rings is 1. The summed E-state index contributed by atoms with van der Waals surface area (Å²) in [5, 5.41) is 5.71. The Bertz CT molecular complexity index is 1600. The summed E-state index contributed by atoms with van der Waals surface area (Å²) in [7, 11) is 0. The van der Waals surface area contributed by atoms with Crippen molar-refractivity contribution in [3.63, 3.8) is 0 Å². The van der Waals surface area contributed by atoms with Crippen molar-refractivity contribution in [3.05, 3.63) is 52.6 Å². The van der Waals surface area contributed by atoms with E-state index in [0.29, 0.717) is 56.2 Å². The minimum absolute atomic E-state index is 0.142. The third-order valence-corrected chi connectivity index (χ3v) is 10.1. The van der Waals surface area contributed by atoms with Crippen LogP contribution in [0.4, 0.5) is 20.2 Å². The Morgan fingerprint density at radius 2 is 1.53 bits per heavy atom. The number of alkyl carbamates (subject to hydrolysis) is 1. The van der Waals surface area contributed by atoms with Crippen molar-refractivity contribution in [2.24, 2.45) is 23.2 Å². The van der Waals surface area contributed by atoms with Gasteiger partial charge in [0.05, 0.1) is 5.69 Å². The Kier molecular flexibility index (Phi) is 9.42. The van der Waals surface area contributed by atoms with Gasteiger partial charge in [-0.15, -0.1) is 0 Å². The van der Waals surface area contributed by atoms with E-state index in [-0.39, 0.29) is 29.5 Å². The van der Waals surface area contributed by atoms with E-state index >= 15 is 0 Å². The standard InChI is InChI=1S/C36H51N7O6/c1-34(2,3)48-32(46)37-19-26-27-20-40(21-28(26)27)15-11-24-7-9-25(10-8-24)43-16-12-29(39-31(43)45)38-30(44)41-17-13-36(22-41)14-18-42(23-36)33(47)49-35(4,5)6/h7-10,12,16,26-28H,11,13-15,17-23H2,1-6H3,(H,37,46)(H,38,39,44,45). The summed E-state index contributed by atoms with van der Waals surface area (Å²) in [5.74, 6) is 2.02. The van der Waals surface area contributed by atoms with Gasteiger partial charge in [-0.05, 0) is 102 Å². The molecule has 2 aromatic rings. The molecule has 1 saturated carbocycles. The number of ether oxygens (including phenoxy) is 2. The zero-order valence-corrected chi connectivity index (χ0v) is 29.7. The van der Waals surface area contributed by atoms with Crippen molar-refractivity contribution in [2.75, 3.05) is 57.7 Å². The molecule has 13 nitrogen and oxygen atoms in total. The lowest BCUT2D eigenvalue weighted by molar-refractivity contribution is 0.0274. The summed E-state index contributed by atoms with van der Waals surface area (Å²) in [5.41, 5.74) is 0.249. The number of piperidine rings is 1. The lowest BCUT2D eigenvalue weighted by Gasteiger charge is -2.27. The summed E-state index contributed by atoms with van der Waals surface area (Å²) >= 11 is 0. The molecule has 4 amide bonds. The fraction of sp³-hybridized carbons (Fsp3) is 0.639. The van der Waals surface area contributed by atoms with Crippen LogP contribution in [-0.4, -0.2) is 106 Å². The Morgan fingerprint density at radius 1 is 0.898 bits per heavy atom. The Morgan fingerprint density at radius 3 is 2.16 bits per heavy atom. The monoisotopic (exact) mass is 677 g/mol. The zero-order chi connectivity index (χ0) is 35.1. The second kappa shape index (κ2) is 13.3. The van der Waals surface area contributed by atoms with E-state index < -0.39 is 16.9 Å². The van der Waals surface area contributed by atoms with Crippen LogP contribution in [0.3, 0.4) is 0 Å². The van der Waals surface area contributed by atoms with E-state index in [1.807, 2.05) is 65.8 Å². The van der Waals surface area contributed by atoms with Crippen LogP contribution in [0.1, 0.15) is 59.9 Å². The maximum Gasteiger partial charge on any atom is 0.410 e. The third kappa shape index (κ3) is 8.55. The molecule has 1 aromatic carbocycles. The van der Waals surface area contributed by atoms with Crippen molar-refractivity contribution in [1.29, 1.82) is 0 Å². The Labute approximate surface area is 288 Å². The van der Waals surface area contributed by atoms with Crippen molar-refractivity contribution < 1.29 is 23.9 Å². The average molecular weight is 678 g/mol. The molecule has 49 heavy (non-hydrogen) atoms. The van der Waals surface area contributed by atoms with E-state index in [4.69, 9.17) is 9.47 Å². The van der Waals surface area contributed by atoms with Gasteiger partial charge in [0.15, 0.2) is 0 Å². The summed E-state index contributed by atoms with van der Waals surface area (Å²) in [6.07, 6.45) is 3.51. The molecule has 4 heterocycles. The van der Waals surface area contributed by atoms with E-state index in [1.54, 1.807) is 22.1 Å². The topological polar surface area (TPSA) is 138 Å². The molecule has 4 fully saturated rings. The van der Waals surface area contributed by atoms with E-state index in [0.717, 1.165) is 38.9 Å². The number of anilines is 1. The molecule has 13 heteroatoms. The molecule has 3 saturated heterocycles. The van der Waals surface area contributed by atoms with E-state index in [9.17, 15) is 19.2 Å². The van der Waals surface area contributed by atoms with Crippen molar-refractivity contribution in [2.45, 2.75) is 72.0 Å². The number of amides is 4. The summed E-state index contributed by atoms with van der Waals surface area (Å²) in [6, 6.07) is 9.25. The molecule has 1 spiro atoms. The maximum atomic E-state index is 13.1. The first kappa shape index (κ1) is 34.7. The fourth-order valence-corrected chi connectivity index (χ4v) is 7.56. The van der Waals surface area contributed by atoms with Gasteiger partial charge in [0, 0.05) is 64.0 Å². The van der Waals surface area contributed by atoms with Gasteiger partial charge < -0.3 is 29.5 Å². The number of likely N-dealkylation sites (tertiary alicyclic amines) is 3. The minimum atomic E-state index is -0.551. The first-order valence-electron chi connectivity index (χ1n) is 17.5. The van der Waals surface area contributed by atoms with Crippen LogP contribution >= 0.6 is 0 Å². The molecular weight excluding hydrogens is 626 g/mol. The molecule has 3 atom stereocenters. The van der Waals surface area contributed by atoms with Gasteiger partial charge in [0.2, 0.25) is 0 Å². The smallest absolute Gasteiger partial charge is 0.410 e.